The lowest BCUT2D eigenvalue weighted by Crippen LogP contribution is -2.45. The fraction of sp³-hybridized carbons (Fsp3) is 0.333. The van der Waals surface area contributed by atoms with Gasteiger partial charge in [-0.05, 0) is 19.1 Å². The summed E-state index contributed by atoms with van der Waals surface area (Å²) in [4.78, 5) is 41.8. The predicted molar refractivity (Wildman–Crippen MR) is 84.1 cm³/mol. The van der Waals surface area contributed by atoms with Crippen molar-refractivity contribution in [1.29, 1.82) is 0 Å². The molecule has 0 fully saturated rings. The van der Waals surface area contributed by atoms with E-state index in [1.807, 2.05) is 0 Å². The first-order valence-corrected chi connectivity index (χ1v) is 7.11. The average Bonchev–Trinajstić information content (AvgIpc) is 2.54. The van der Waals surface area contributed by atoms with Crippen LogP contribution in [-0.2, 0) is 16.0 Å². The molecule has 0 aliphatic heterocycles. The minimum Gasteiger partial charge on any atom is -0.453 e. The molecular formula is C15H18N4O4. The molecule has 0 aliphatic carbocycles. The number of H-pyrrole nitrogens is 1. The van der Waals surface area contributed by atoms with E-state index in [1.54, 1.807) is 31.2 Å². The first-order chi connectivity index (χ1) is 11.0. The summed E-state index contributed by atoms with van der Waals surface area (Å²) in [6, 6.07) is 6.32. The SMILES string of the molecule is COC(=O)N[C@H](C)C(=O)NCCc1nc2ccccc2c(=O)[nH]1. The summed E-state index contributed by atoms with van der Waals surface area (Å²) in [5.74, 6) is 0.140. The maximum absolute atomic E-state index is 11.9. The third-order valence-electron chi connectivity index (χ3n) is 3.24. The second-order valence-electron chi connectivity index (χ2n) is 4.93. The molecule has 1 aromatic carbocycles. The van der Waals surface area contributed by atoms with E-state index in [0.717, 1.165) is 0 Å². The van der Waals surface area contributed by atoms with Crippen molar-refractivity contribution < 1.29 is 14.3 Å². The van der Waals surface area contributed by atoms with Crippen molar-refractivity contribution in [2.75, 3.05) is 13.7 Å². The zero-order chi connectivity index (χ0) is 16.8. The van der Waals surface area contributed by atoms with Crippen molar-refractivity contribution >= 4 is 22.9 Å². The second kappa shape index (κ2) is 7.39. The number of nitrogens with one attached hydrogen (secondary N) is 3. The number of para-hydroxylation sites is 1. The Kier molecular flexibility index (Phi) is 5.29. The van der Waals surface area contributed by atoms with Crippen LogP contribution in [0.1, 0.15) is 12.7 Å². The number of aromatic nitrogens is 2. The summed E-state index contributed by atoms with van der Waals surface area (Å²) in [6.07, 6.45) is -0.301. The van der Waals surface area contributed by atoms with Crippen LogP contribution in [-0.4, -0.2) is 41.7 Å². The predicted octanol–water partition coefficient (Wildman–Crippen LogP) is 0.326. The maximum atomic E-state index is 11.9. The number of carbonyl (C=O) groups excluding carboxylic acids is 2. The van der Waals surface area contributed by atoms with E-state index in [4.69, 9.17) is 0 Å². The highest BCUT2D eigenvalue weighted by Crippen LogP contribution is 2.05. The number of alkyl carbamates (subject to hydrolysis) is 1. The number of carbonyl (C=O) groups is 2. The normalized spacial score (nSPS) is 11.7. The van der Waals surface area contributed by atoms with Crippen LogP contribution in [0.2, 0.25) is 0 Å². The molecule has 8 heteroatoms. The molecule has 1 aromatic heterocycles. The van der Waals surface area contributed by atoms with Crippen LogP contribution in [0.5, 0.6) is 0 Å². The van der Waals surface area contributed by atoms with Crippen LogP contribution in [0.3, 0.4) is 0 Å². The molecule has 0 saturated carbocycles. The van der Waals surface area contributed by atoms with Crippen LogP contribution < -0.4 is 16.2 Å². The lowest BCUT2D eigenvalue weighted by molar-refractivity contribution is -0.122. The zero-order valence-corrected chi connectivity index (χ0v) is 12.9. The van der Waals surface area contributed by atoms with Crippen LogP contribution in [0.4, 0.5) is 4.79 Å². The molecule has 122 valence electrons. The van der Waals surface area contributed by atoms with Gasteiger partial charge in [-0.2, -0.15) is 0 Å². The van der Waals surface area contributed by atoms with Crippen LogP contribution >= 0.6 is 0 Å². The van der Waals surface area contributed by atoms with E-state index in [0.29, 0.717) is 23.1 Å². The highest BCUT2D eigenvalue weighted by Gasteiger charge is 2.15. The molecule has 2 rings (SSSR count). The van der Waals surface area contributed by atoms with Gasteiger partial charge in [0.2, 0.25) is 5.91 Å². The van der Waals surface area contributed by atoms with E-state index in [-0.39, 0.29) is 18.0 Å². The molecule has 0 spiro atoms. The monoisotopic (exact) mass is 318 g/mol. The Labute approximate surface area is 132 Å². The van der Waals surface area contributed by atoms with Crippen LogP contribution in [0.25, 0.3) is 10.9 Å². The minimum atomic E-state index is -0.717. The largest absolute Gasteiger partial charge is 0.453 e. The lowest BCUT2D eigenvalue weighted by atomic mass is 10.2. The third kappa shape index (κ3) is 4.29. The van der Waals surface area contributed by atoms with Crippen molar-refractivity contribution in [2.24, 2.45) is 0 Å². The Balaban J connectivity index is 1.93. The van der Waals surface area contributed by atoms with E-state index in [2.05, 4.69) is 25.3 Å². The smallest absolute Gasteiger partial charge is 0.407 e. The maximum Gasteiger partial charge on any atom is 0.407 e. The van der Waals surface area contributed by atoms with E-state index >= 15 is 0 Å². The number of methoxy groups -OCH3 is 1. The van der Waals surface area contributed by atoms with Gasteiger partial charge in [0.05, 0.1) is 18.0 Å². The van der Waals surface area contributed by atoms with Gasteiger partial charge in [-0.1, -0.05) is 12.1 Å². The Morgan fingerprint density at radius 1 is 1.35 bits per heavy atom. The molecule has 0 unspecified atom stereocenters. The summed E-state index contributed by atoms with van der Waals surface area (Å²) >= 11 is 0. The summed E-state index contributed by atoms with van der Waals surface area (Å²) in [7, 11) is 1.22. The molecule has 3 N–H and O–H groups in total. The molecule has 2 aromatic rings. The molecule has 0 radical (unpaired) electrons. The minimum absolute atomic E-state index is 0.211. The highest BCUT2D eigenvalue weighted by molar-refractivity contribution is 5.85. The first kappa shape index (κ1) is 16.5. The second-order valence-corrected chi connectivity index (χ2v) is 4.93. The fourth-order valence-corrected chi connectivity index (χ4v) is 2.01. The van der Waals surface area contributed by atoms with Crippen molar-refractivity contribution in [2.45, 2.75) is 19.4 Å². The van der Waals surface area contributed by atoms with Gasteiger partial charge in [-0.25, -0.2) is 9.78 Å². The van der Waals surface area contributed by atoms with Gasteiger partial charge in [-0.15, -0.1) is 0 Å². The lowest BCUT2D eigenvalue weighted by Gasteiger charge is -2.13. The average molecular weight is 318 g/mol. The highest BCUT2D eigenvalue weighted by atomic mass is 16.5. The van der Waals surface area contributed by atoms with Crippen molar-refractivity contribution in [3.8, 4) is 0 Å². The van der Waals surface area contributed by atoms with Crippen molar-refractivity contribution in [3.05, 3.63) is 40.4 Å². The molecule has 23 heavy (non-hydrogen) atoms. The number of hydrogen-bond donors (Lipinski definition) is 3. The molecule has 0 bridgehead atoms. The standard InChI is InChI=1S/C15H18N4O4/c1-9(17-15(22)23-2)13(20)16-8-7-12-18-11-6-4-3-5-10(11)14(21)19-12/h3-6,9H,7-8H2,1-2H3,(H,16,20)(H,17,22)(H,18,19,21)/t9-/m1/s1. The number of nitrogens with zero attached hydrogens (tertiary/aromatic N) is 1. The molecule has 1 heterocycles. The number of hydrogen-bond acceptors (Lipinski definition) is 5. The Morgan fingerprint density at radius 3 is 2.83 bits per heavy atom. The molecule has 1 atom stereocenters. The van der Waals surface area contributed by atoms with Crippen molar-refractivity contribution in [3.63, 3.8) is 0 Å². The summed E-state index contributed by atoms with van der Waals surface area (Å²) in [6.45, 7) is 1.83. The number of fused-ring (bicyclic) bond motifs is 1. The number of rotatable bonds is 5. The van der Waals surface area contributed by atoms with Crippen LogP contribution in [0.15, 0.2) is 29.1 Å². The first-order valence-electron chi connectivity index (χ1n) is 7.11. The Hall–Kier alpha value is -2.90. The summed E-state index contributed by atoms with van der Waals surface area (Å²) in [5.41, 5.74) is 0.399. The van der Waals surface area contributed by atoms with Crippen molar-refractivity contribution in [1.82, 2.24) is 20.6 Å². The molecule has 8 nitrogen and oxygen atoms in total. The number of aromatic amines is 1. The van der Waals surface area contributed by atoms with E-state index in [9.17, 15) is 14.4 Å². The molecule has 2 amide bonds. The number of benzene rings is 1. The quantitative estimate of drug-likeness (QED) is 0.735. The Bertz CT molecular complexity index is 771. The van der Waals surface area contributed by atoms with E-state index in [1.165, 1.54) is 7.11 Å². The van der Waals surface area contributed by atoms with Gasteiger partial charge in [-0.3, -0.25) is 9.59 Å². The molecule has 0 saturated heterocycles. The third-order valence-corrected chi connectivity index (χ3v) is 3.24. The number of ether oxygens (including phenoxy) is 1. The van der Waals surface area contributed by atoms with Crippen LogP contribution in [0, 0.1) is 0 Å². The van der Waals surface area contributed by atoms with Gasteiger partial charge < -0.3 is 20.4 Å². The topological polar surface area (TPSA) is 113 Å². The van der Waals surface area contributed by atoms with Gasteiger partial charge >= 0.3 is 6.09 Å². The zero-order valence-electron chi connectivity index (χ0n) is 12.9. The van der Waals surface area contributed by atoms with Gasteiger partial charge in [0.15, 0.2) is 0 Å². The molecule has 0 aliphatic rings. The summed E-state index contributed by atoms with van der Waals surface area (Å²) in [5, 5.41) is 5.55. The Morgan fingerprint density at radius 2 is 2.09 bits per heavy atom. The van der Waals surface area contributed by atoms with Gasteiger partial charge in [0.25, 0.3) is 5.56 Å². The fourth-order valence-electron chi connectivity index (χ4n) is 2.01. The number of amides is 2. The van der Waals surface area contributed by atoms with E-state index < -0.39 is 12.1 Å². The van der Waals surface area contributed by atoms with Gasteiger partial charge in [0, 0.05) is 13.0 Å². The molecular weight excluding hydrogens is 300 g/mol. The summed E-state index contributed by atoms with van der Waals surface area (Å²) < 4.78 is 4.42. The van der Waals surface area contributed by atoms with Gasteiger partial charge in [0.1, 0.15) is 11.9 Å².